The van der Waals surface area contributed by atoms with Gasteiger partial charge >= 0.3 is 0 Å². The van der Waals surface area contributed by atoms with E-state index < -0.39 is 0 Å². The quantitative estimate of drug-likeness (QED) is 0.560. The maximum Gasteiger partial charge on any atom is 0.151 e. The SMILES string of the molecule is COc1ccccc1-c1cc(CNCCN2CCC(C#N)(c3ccccc3)CC2)on1. The molecule has 3 aromatic rings. The Labute approximate surface area is 183 Å². The lowest BCUT2D eigenvalue weighted by atomic mass is 9.74. The molecule has 0 amide bonds. The van der Waals surface area contributed by atoms with Crippen molar-refractivity contribution in [3.05, 3.63) is 72.0 Å². The van der Waals surface area contributed by atoms with E-state index in [0.29, 0.717) is 6.54 Å². The first-order valence-corrected chi connectivity index (χ1v) is 10.7. The smallest absolute Gasteiger partial charge is 0.151 e. The molecule has 0 radical (unpaired) electrons. The number of hydrogen-bond donors (Lipinski definition) is 1. The van der Waals surface area contributed by atoms with Gasteiger partial charge in [-0.25, -0.2) is 0 Å². The molecule has 1 fully saturated rings. The number of likely N-dealkylation sites (tertiary alicyclic amines) is 1. The van der Waals surface area contributed by atoms with Crippen LogP contribution in [0, 0.1) is 11.3 Å². The van der Waals surface area contributed by atoms with Crippen LogP contribution in [0.25, 0.3) is 11.3 Å². The molecule has 0 bridgehead atoms. The number of methoxy groups -OCH3 is 1. The van der Waals surface area contributed by atoms with Crippen molar-refractivity contribution in [1.82, 2.24) is 15.4 Å². The summed E-state index contributed by atoms with van der Waals surface area (Å²) in [5, 5.41) is 17.5. The van der Waals surface area contributed by atoms with Gasteiger partial charge in [0.2, 0.25) is 0 Å². The van der Waals surface area contributed by atoms with Crippen molar-refractivity contribution in [2.24, 2.45) is 0 Å². The Balaban J connectivity index is 1.24. The number of ether oxygens (including phenoxy) is 1. The third-order valence-corrected chi connectivity index (χ3v) is 6.10. The molecular formula is C25H28N4O2. The Bertz CT molecular complexity index is 1020. The second-order valence-corrected chi connectivity index (χ2v) is 7.96. The zero-order chi connectivity index (χ0) is 21.5. The Morgan fingerprint density at radius 2 is 1.87 bits per heavy atom. The fourth-order valence-corrected chi connectivity index (χ4v) is 4.21. The van der Waals surface area contributed by atoms with Crippen molar-refractivity contribution in [3.63, 3.8) is 0 Å². The van der Waals surface area contributed by atoms with Crippen LogP contribution < -0.4 is 10.1 Å². The van der Waals surface area contributed by atoms with Gasteiger partial charge in [-0.3, -0.25) is 0 Å². The van der Waals surface area contributed by atoms with Crippen LogP contribution in [0.1, 0.15) is 24.2 Å². The zero-order valence-electron chi connectivity index (χ0n) is 17.9. The number of benzene rings is 2. The summed E-state index contributed by atoms with van der Waals surface area (Å²) in [4.78, 5) is 2.42. The molecule has 0 aliphatic carbocycles. The van der Waals surface area contributed by atoms with Gasteiger partial charge in [-0.05, 0) is 30.5 Å². The molecular weight excluding hydrogens is 388 g/mol. The normalized spacial score (nSPS) is 16.0. The summed E-state index contributed by atoms with van der Waals surface area (Å²) < 4.78 is 10.9. The lowest BCUT2D eigenvalue weighted by Gasteiger charge is -2.37. The van der Waals surface area contributed by atoms with Gasteiger partial charge in [0.1, 0.15) is 11.4 Å². The number of para-hydroxylation sites is 1. The van der Waals surface area contributed by atoms with Gasteiger partial charge in [-0.1, -0.05) is 47.6 Å². The lowest BCUT2D eigenvalue weighted by Crippen LogP contribution is -2.44. The predicted molar refractivity (Wildman–Crippen MR) is 120 cm³/mol. The Morgan fingerprint density at radius 1 is 1.13 bits per heavy atom. The number of piperidine rings is 1. The second kappa shape index (κ2) is 9.78. The van der Waals surface area contributed by atoms with Crippen LogP contribution in [-0.2, 0) is 12.0 Å². The highest BCUT2D eigenvalue weighted by molar-refractivity contribution is 5.66. The van der Waals surface area contributed by atoms with Crippen molar-refractivity contribution in [1.29, 1.82) is 5.26 Å². The maximum atomic E-state index is 9.83. The molecule has 2 heterocycles. The third-order valence-electron chi connectivity index (χ3n) is 6.10. The summed E-state index contributed by atoms with van der Waals surface area (Å²) in [6, 6.07) is 22.5. The Hall–Kier alpha value is -3.14. The monoisotopic (exact) mass is 416 g/mol. The molecule has 1 aromatic heterocycles. The summed E-state index contributed by atoms with van der Waals surface area (Å²) in [7, 11) is 1.66. The Kier molecular flexibility index (Phi) is 6.66. The number of nitrogens with one attached hydrogen (secondary N) is 1. The van der Waals surface area contributed by atoms with E-state index in [0.717, 1.165) is 67.4 Å². The van der Waals surface area contributed by atoms with E-state index in [1.54, 1.807) is 7.11 Å². The largest absolute Gasteiger partial charge is 0.496 e. The van der Waals surface area contributed by atoms with Gasteiger partial charge in [-0.2, -0.15) is 5.26 Å². The van der Waals surface area contributed by atoms with Gasteiger partial charge in [0.15, 0.2) is 5.76 Å². The Morgan fingerprint density at radius 3 is 2.61 bits per heavy atom. The minimum atomic E-state index is -0.347. The van der Waals surface area contributed by atoms with Crippen LogP contribution in [-0.4, -0.2) is 43.3 Å². The molecule has 4 rings (SSSR count). The van der Waals surface area contributed by atoms with Crippen molar-refractivity contribution in [2.75, 3.05) is 33.3 Å². The van der Waals surface area contributed by atoms with E-state index in [9.17, 15) is 5.26 Å². The van der Waals surface area contributed by atoms with Crippen LogP contribution in [0.2, 0.25) is 0 Å². The highest BCUT2D eigenvalue weighted by atomic mass is 16.5. The van der Waals surface area contributed by atoms with E-state index in [4.69, 9.17) is 9.26 Å². The standard InChI is InChI=1S/C25H28N4O2/c1-30-24-10-6-5-9-22(24)23-17-21(31-28-23)18-27-13-16-29-14-11-25(19-26,12-15-29)20-7-3-2-4-8-20/h2-10,17,27H,11-16,18H2,1H3. The molecule has 31 heavy (non-hydrogen) atoms. The molecule has 6 nitrogen and oxygen atoms in total. The van der Waals surface area contributed by atoms with Crippen LogP contribution in [0.3, 0.4) is 0 Å². The number of hydrogen-bond acceptors (Lipinski definition) is 6. The molecule has 0 saturated carbocycles. The molecule has 160 valence electrons. The first-order valence-electron chi connectivity index (χ1n) is 10.7. The molecule has 1 saturated heterocycles. The lowest BCUT2D eigenvalue weighted by molar-refractivity contribution is 0.186. The van der Waals surface area contributed by atoms with Crippen LogP contribution in [0.4, 0.5) is 0 Å². The van der Waals surface area contributed by atoms with E-state index in [1.165, 1.54) is 0 Å². The van der Waals surface area contributed by atoms with Crippen LogP contribution >= 0.6 is 0 Å². The van der Waals surface area contributed by atoms with Gasteiger partial charge in [-0.15, -0.1) is 0 Å². The minimum Gasteiger partial charge on any atom is -0.496 e. The van der Waals surface area contributed by atoms with Gasteiger partial charge in [0, 0.05) is 37.8 Å². The number of rotatable bonds is 8. The van der Waals surface area contributed by atoms with Crippen molar-refractivity contribution in [3.8, 4) is 23.1 Å². The summed E-state index contributed by atoms with van der Waals surface area (Å²) in [5.74, 6) is 1.58. The van der Waals surface area contributed by atoms with Crippen molar-refractivity contribution < 1.29 is 9.26 Å². The molecule has 2 aromatic carbocycles. The third kappa shape index (κ3) is 4.79. The topological polar surface area (TPSA) is 74.3 Å². The molecule has 1 aliphatic rings. The number of nitriles is 1. The van der Waals surface area contributed by atoms with Crippen LogP contribution in [0.5, 0.6) is 5.75 Å². The molecule has 6 heteroatoms. The fraction of sp³-hybridized carbons (Fsp3) is 0.360. The second-order valence-electron chi connectivity index (χ2n) is 7.96. The van der Waals surface area contributed by atoms with E-state index >= 15 is 0 Å². The van der Waals surface area contributed by atoms with Gasteiger partial charge < -0.3 is 19.5 Å². The number of aromatic nitrogens is 1. The van der Waals surface area contributed by atoms with Gasteiger partial charge in [0.25, 0.3) is 0 Å². The number of nitrogens with zero attached hydrogens (tertiary/aromatic N) is 3. The molecule has 1 N–H and O–H groups in total. The van der Waals surface area contributed by atoms with Crippen molar-refractivity contribution >= 4 is 0 Å². The fourth-order valence-electron chi connectivity index (χ4n) is 4.21. The average molecular weight is 417 g/mol. The highest BCUT2D eigenvalue weighted by Gasteiger charge is 2.36. The predicted octanol–water partition coefficient (Wildman–Crippen LogP) is 4.00. The first-order chi connectivity index (χ1) is 15.2. The summed E-state index contributed by atoms with van der Waals surface area (Å²) in [5.41, 5.74) is 2.50. The molecule has 0 spiro atoms. The maximum absolute atomic E-state index is 9.83. The van der Waals surface area contributed by atoms with E-state index in [-0.39, 0.29) is 5.41 Å². The van der Waals surface area contributed by atoms with Gasteiger partial charge in [0.05, 0.1) is 25.1 Å². The summed E-state index contributed by atoms with van der Waals surface area (Å²) in [6.07, 6.45) is 1.75. The summed E-state index contributed by atoms with van der Waals surface area (Å²) >= 11 is 0. The highest BCUT2D eigenvalue weighted by Crippen LogP contribution is 2.34. The molecule has 1 aliphatic heterocycles. The minimum absolute atomic E-state index is 0.347. The first kappa shape index (κ1) is 21.1. The average Bonchev–Trinajstić information content (AvgIpc) is 3.31. The zero-order valence-corrected chi connectivity index (χ0v) is 17.9. The van der Waals surface area contributed by atoms with E-state index in [1.807, 2.05) is 48.5 Å². The van der Waals surface area contributed by atoms with Crippen LogP contribution in [0.15, 0.2) is 65.2 Å². The molecule has 0 unspecified atom stereocenters. The van der Waals surface area contributed by atoms with Crippen molar-refractivity contribution in [2.45, 2.75) is 24.8 Å². The van der Waals surface area contributed by atoms with E-state index in [2.05, 4.69) is 33.6 Å². The molecule has 0 atom stereocenters. The summed E-state index contributed by atoms with van der Waals surface area (Å²) in [6.45, 7) is 4.30.